The van der Waals surface area contributed by atoms with E-state index in [-0.39, 0.29) is 12.4 Å². The molecule has 0 aliphatic rings. The lowest BCUT2D eigenvalue weighted by Gasteiger charge is -2.28. The van der Waals surface area contributed by atoms with Gasteiger partial charge in [-0.25, -0.2) is 0 Å². The molecule has 0 fully saturated rings. The van der Waals surface area contributed by atoms with Gasteiger partial charge in [-0.05, 0) is 25.0 Å². The van der Waals surface area contributed by atoms with E-state index in [1.807, 2.05) is 13.0 Å². The Labute approximate surface area is 145 Å². The minimum atomic E-state index is -2.57. The molecule has 0 heterocycles. The first-order valence-corrected chi connectivity index (χ1v) is 9.76. The molecule has 2 N–H and O–H groups in total. The fourth-order valence-electron chi connectivity index (χ4n) is 2.50. The molecule has 1 rings (SSSR count). The van der Waals surface area contributed by atoms with E-state index in [1.54, 1.807) is 45.4 Å². The van der Waals surface area contributed by atoms with Crippen molar-refractivity contribution in [3.8, 4) is 5.75 Å². The van der Waals surface area contributed by atoms with Gasteiger partial charge in [0, 0.05) is 41.0 Å². The third kappa shape index (κ3) is 5.44. The average molecular weight is 359 g/mol. The van der Waals surface area contributed by atoms with Crippen molar-refractivity contribution in [2.45, 2.75) is 25.6 Å². The maximum Gasteiger partial charge on any atom is 0.500 e. The first-order chi connectivity index (χ1) is 11.4. The van der Waals surface area contributed by atoms with Crippen LogP contribution >= 0.6 is 0 Å². The first-order valence-electron chi connectivity index (χ1n) is 7.83. The lowest BCUT2D eigenvalue weighted by atomic mass is 10.1. The smallest absolute Gasteiger partial charge is 0.500 e. The quantitative estimate of drug-likeness (QED) is 0.354. The van der Waals surface area contributed by atoms with E-state index in [4.69, 9.17) is 18.0 Å². The van der Waals surface area contributed by atoms with Crippen molar-refractivity contribution in [2.75, 3.05) is 46.5 Å². The Morgan fingerprint density at radius 2 is 1.79 bits per heavy atom. The molecule has 7 nitrogen and oxygen atoms in total. The molecule has 1 atom stereocenters. The van der Waals surface area contributed by atoms with E-state index in [1.165, 1.54) is 0 Å². The number of ether oxygens (including phenoxy) is 1. The second-order valence-electron chi connectivity index (χ2n) is 5.51. The predicted molar refractivity (Wildman–Crippen MR) is 94.3 cm³/mol. The van der Waals surface area contributed by atoms with Gasteiger partial charge in [0.25, 0.3) is 0 Å². The van der Waals surface area contributed by atoms with E-state index in [2.05, 4.69) is 0 Å². The number of anilines is 1. The van der Waals surface area contributed by atoms with Gasteiger partial charge in [0.15, 0.2) is 0 Å². The minimum absolute atomic E-state index is 0.131. The van der Waals surface area contributed by atoms with Crippen LogP contribution in [-0.4, -0.2) is 66.8 Å². The number of nitrogens with zero attached hydrogens (tertiary/aromatic N) is 1. The van der Waals surface area contributed by atoms with Crippen molar-refractivity contribution in [2.24, 2.45) is 0 Å². The Morgan fingerprint density at radius 1 is 1.17 bits per heavy atom. The van der Waals surface area contributed by atoms with Crippen molar-refractivity contribution in [1.82, 2.24) is 0 Å². The van der Waals surface area contributed by atoms with Gasteiger partial charge in [-0.15, -0.1) is 0 Å². The zero-order chi connectivity index (χ0) is 18.2. The van der Waals surface area contributed by atoms with Gasteiger partial charge < -0.3 is 33.1 Å². The number of hydrogen-bond acceptors (Lipinski definition) is 7. The summed E-state index contributed by atoms with van der Waals surface area (Å²) in [5, 5.41) is 20.2. The highest BCUT2D eigenvalue weighted by Crippen LogP contribution is 2.30. The Hall–Kier alpha value is -1.16. The van der Waals surface area contributed by atoms with Gasteiger partial charge in [0.2, 0.25) is 0 Å². The summed E-state index contributed by atoms with van der Waals surface area (Å²) in [5.41, 5.74) is 1.48. The molecule has 1 aromatic rings. The number of phenolic OH excluding ortho intramolecular Hbond substituents is 1. The molecule has 1 unspecified atom stereocenters. The zero-order valence-corrected chi connectivity index (χ0v) is 16.1. The van der Waals surface area contributed by atoms with Crippen molar-refractivity contribution < 1.29 is 28.2 Å². The number of aliphatic hydroxyl groups is 1. The normalized spacial score (nSPS) is 13.1. The van der Waals surface area contributed by atoms with Crippen molar-refractivity contribution in [1.29, 1.82) is 0 Å². The van der Waals surface area contributed by atoms with E-state index in [9.17, 15) is 10.2 Å². The minimum Gasteiger partial charge on any atom is -0.506 e. The fraction of sp³-hybridized carbons (Fsp3) is 0.625. The molecule has 1 aromatic carbocycles. The number of phenols is 1. The number of hydrogen-bond donors (Lipinski definition) is 2. The molecule has 0 aromatic heterocycles. The molecule has 138 valence electrons. The highest BCUT2D eigenvalue weighted by atomic mass is 28.4. The maximum atomic E-state index is 10.2. The molecule has 0 aliphatic heterocycles. The Bertz CT molecular complexity index is 469. The van der Waals surface area contributed by atoms with Gasteiger partial charge in [0.1, 0.15) is 12.0 Å². The van der Waals surface area contributed by atoms with Crippen LogP contribution in [0, 0.1) is 6.92 Å². The summed E-state index contributed by atoms with van der Waals surface area (Å²) in [6, 6.07) is 5.88. The summed E-state index contributed by atoms with van der Waals surface area (Å²) >= 11 is 0. The van der Waals surface area contributed by atoms with E-state index in [0.717, 1.165) is 5.56 Å². The monoisotopic (exact) mass is 359 g/mol. The number of benzene rings is 1. The number of aliphatic hydroxyl groups excluding tert-OH is 1. The fourth-order valence-corrected chi connectivity index (χ4v) is 4.19. The van der Waals surface area contributed by atoms with Crippen LogP contribution in [0.25, 0.3) is 0 Å². The van der Waals surface area contributed by atoms with Gasteiger partial charge in [-0.3, -0.25) is 0 Å². The van der Waals surface area contributed by atoms with Crippen LogP contribution in [0.4, 0.5) is 5.69 Å². The molecule has 0 amide bonds. The third-order valence-corrected chi connectivity index (χ3v) is 6.82. The SMILES string of the molecule is CO[Si](CCCOCC(O)N(C)c1c(C)cccc1O)(OC)OC. The van der Waals surface area contributed by atoms with Crippen LogP contribution in [0.3, 0.4) is 0 Å². The van der Waals surface area contributed by atoms with Crippen molar-refractivity contribution >= 4 is 14.5 Å². The van der Waals surface area contributed by atoms with Crippen LogP contribution in [0.5, 0.6) is 5.75 Å². The molecular formula is C16H29NO6Si. The van der Waals surface area contributed by atoms with Gasteiger partial charge in [0.05, 0.1) is 12.3 Å². The molecular weight excluding hydrogens is 330 g/mol. The molecule has 8 heteroatoms. The predicted octanol–water partition coefficient (Wildman–Crippen LogP) is 1.74. The van der Waals surface area contributed by atoms with E-state index >= 15 is 0 Å². The van der Waals surface area contributed by atoms with Gasteiger partial charge >= 0.3 is 8.80 Å². The van der Waals surface area contributed by atoms with Gasteiger partial charge in [-0.2, -0.15) is 0 Å². The zero-order valence-electron chi connectivity index (χ0n) is 15.1. The Morgan fingerprint density at radius 3 is 2.33 bits per heavy atom. The summed E-state index contributed by atoms with van der Waals surface area (Å²) < 4.78 is 21.5. The topological polar surface area (TPSA) is 80.6 Å². The molecule has 24 heavy (non-hydrogen) atoms. The summed E-state index contributed by atoms with van der Waals surface area (Å²) in [4.78, 5) is 1.60. The number of aromatic hydroxyl groups is 1. The average Bonchev–Trinajstić information content (AvgIpc) is 2.58. The summed E-state index contributed by atoms with van der Waals surface area (Å²) in [5.74, 6) is 0.132. The van der Waals surface area contributed by atoms with E-state index < -0.39 is 15.0 Å². The van der Waals surface area contributed by atoms with Crippen LogP contribution in [0.2, 0.25) is 6.04 Å². The second kappa shape index (κ2) is 9.97. The molecule has 0 aliphatic carbocycles. The summed E-state index contributed by atoms with van der Waals surface area (Å²) in [6.07, 6.45) is -0.153. The summed E-state index contributed by atoms with van der Waals surface area (Å²) in [6.45, 7) is 2.46. The number of para-hydroxylation sites is 1. The number of rotatable bonds is 11. The molecule has 0 radical (unpaired) electrons. The molecule has 0 bridgehead atoms. The summed E-state index contributed by atoms with van der Waals surface area (Å²) in [7, 11) is 3.88. The second-order valence-corrected chi connectivity index (χ2v) is 8.60. The molecule has 0 saturated carbocycles. The lowest BCUT2D eigenvalue weighted by molar-refractivity contribution is 0.0354. The van der Waals surface area contributed by atoms with Crippen LogP contribution in [0.1, 0.15) is 12.0 Å². The molecule has 0 spiro atoms. The Kier molecular flexibility index (Phi) is 8.67. The molecule has 0 saturated heterocycles. The van der Waals surface area contributed by atoms with Crippen molar-refractivity contribution in [3.63, 3.8) is 0 Å². The highest BCUT2D eigenvalue weighted by molar-refractivity contribution is 6.60. The largest absolute Gasteiger partial charge is 0.506 e. The van der Waals surface area contributed by atoms with E-state index in [0.29, 0.717) is 24.8 Å². The van der Waals surface area contributed by atoms with Crippen molar-refractivity contribution in [3.05, 3.63) is 23.8 Å². The number of aryl methyl sites for hydroxylation is 1. The van der Waals surface area contributed by atoms with Crippen LogP contribution in [-0.2, 0) is 18.0 Å². The van der Waals surface area contributed by atoms with Crippen LogP contribution in [0.15, 0.2) is 18.2 Å². The van der Waals surface area contributed by atoms with Crippen LogP contribution < -0.4 is 4.90 Å². The standard InChI is InChI=1S/C16H29NO6Si/c1-13-8-6-9-14(18)16(13)17(2)15(19)12-23-10-7-11-24(20-3,21-4)22-5/h6,8-9,15,18-19H,7,10-12H2,1-5H3. The lowest BCUT2D eigenvalue weighted by Crippen LogP contribution is -2.42. The van der Waals surface area contributed by atoms with Gasteiger partial charge in [-0.1, -0.05) is 12.1 Å². The third-order valence-electron chi connectivity index (χ3n) is 3.99. The number of likely N-dealkylation sites (N-methyl/N-ethyl adjacent to an activating group) is 1. The highest BCUT2D eigenvalue weighted by Gasteiger charge is 2.36. The first kappa shape index (κ1) is 20.9. The maximum absolute atomic E-state index is 10.2. The Balaban J connectivity index is 2.43.